The van der Waals surface area contributed by atoms with Gasteiger partial charge in [0.25, 0.3) is 0 Å². The van der Waals surface area contributed by atoms with Crippen LogP contribution in [0.4, 0.5) is 0 Å². The van der Waals surface area contributed by atoms with Crippen LogP contribution in [-0.2, 0) is 4.74 Å². The molecular weight excluding hydrogens is 324 g/mol. The Bertz CT molecular complexity index is 741. The van der Waals surface area contributed by atoms with E-state index in [0.29, 0.717) is 5.15 Å². The van der Waals surface area contributed by atoms with Crippen LogP contribution >= 0.6 is 11.6 Å². The Morgan fingerprint density at radius 1 is 1.33 bits per heavy atom. The molecule has 126 valence electrons. The predicted molar refractivity (Wildman–Crippen MR) is 97.5 cm³/mol. The van der Waals surface area contributed by atoms with E-state index >= 15 is 0 Å². The van der Waals surface area contributed by atoms with Crippen molar-refractivity contribution in [2.75, 3.05) is 19.8 Å². The highest BCUT2D eigenvalue weighted by atomic mass is 35.5. The van der Waals surface area contributed by atoms with Gasteiger partial charge in [-0.15, -0.1) is 0 Å². The molecule has 2 N–H and O–H groups in total. The average Bonchev–Trinajstić information content (AvgIpc) is 2.62. The van der Waals surface area contributed by atoms with Crippen LogP contribution in [0.2, 0.25) is 5.15 Å². The van der Waals surface area contributed by atoms with Gasteiger partial charge in [0.15, 0.2) is 0 Å². The number of halogens is 1. The second kappa shape index (κ2) is 8.22. The number of allylic oxidation sites excluding steroid dienone is 1. The van der Waals surface area contributed by atoms with Gasteiger partial charge in [0, 0.05) is 49.5 Å². The van der Waals surface area contributed by atoms with E-state index in [4.69, 9.17) is 21.7 Å². The lowest BCUT2D eigenvalue weighted by molar-refractivity contribution is 0.0642. The zero-order valence-electron chi connectivity index (χ0n) is 13.5. The van der Waals surface area contributed by atoms with E-state index in [0.717, 1.165) is 67.1 Å². The van der Waals surface area contributed by atoms with E-state index in [1.807, 2.05) is 18.3 Å². The van der Waals surface area contributed by atoms with Crippen molar-refractivity contribution < 1.29 is 4.74 Å². The van der Waals surface area contributed by atoms with Gasteiger partial charge in [0.2, 0.25) is 0 Å². The number of ether oxygens (including phenoxy) is 1. The third-order valence-corrected chi connectivity index (χ3v) is 4.50. The molecule has 6 heteroatoms. The summed E-state index contributed by atoms with van der Waals surface area (Å²) in [6, 6.07) is 5.47. The van der Waals surface area contributed by atoms with Gasteiger partial charge < -0.3 is 15.5 Å². The number of pyridine rings is 2. The van der Waals surface area contributed by atoms with Crippen molar-refractivity contribution in [3.8, 4) is 0 Å². The third kappa shape index (κ3) is 4.30. The average molecular weight is 345 g/mol. The van der Waals surface area contributed by atoms with Crippen LogP contribution in [0.5, 0.6) is 0 Å². The second-order valence-electron chi connectivity index (χ2n) is 5.94. The van der Waals surface area contributed by atoms with Crippen molar-refractivity contribution in [1.82, 2.24) is 15.3 Å². The van der Waals surface area contributed by atoms with Gasteiger partial charge in [-0.2, -0.15) is 0 Å². The largest absolute Gasteiger partial charge is 0.390 e. The zero-order valence-corrected chi connectivity index (χ0v) is 14.2. The molecule has 1 saturated heterocycles. The number of hydrogen-bond donors (Lipinski definition) is 2. The predicted octanol–water partition coefficient (Wildman–Crippen LogP) is 3.68. The minimum atomic E-state index is 0.441. The van der Waals surface area contributed by atoms with E-state index in [1.54, 1.807) is 12.3 Å². The molecule has 0 saturated carbocycles. The molecule has 1 fully saturated rings. The summed E-state index contributed by atoms with van der Waals surface area (Å²) in [6.07, 6.45) is 8.37. The van der Waals surface area contributed by atoms with Crippen molar-refractivity contribution >= 4 is 34.4 Å². The van der Waals surface area contributed by atoms with Gasteiger partial charge in [-0.25, -0.2) is 4.98 Å². The molecule has 2 aromatic rings. The third-order valence-electron chi connectivity index (χ3n) is 4.29. The first-order valence-corrected chi connectivity index (χ1v) is 8.58. The monoisotopic (exact) mass is 344 g/mol. The number of hydrogen-bond acceptors (Lipinski definition) is 5. The Labute approximate surface area is 146 Å². The maximum absolute atomic E-state index is 7.65. The summed E-state index contributed by atoms with van der Waals surface area (Å²) >= 11 is 5.94. The van der Waals surface area contributed by atoms with Crippen LogP contribution in [-0.4, -0.2) is 35.9 Å². The topological polar surface area (TPSA) is 70.9 Å². The van der Waals surface area contributed by atoms with Crippen LogP contribution in [0.3, 0.4) is 0 Å². The van der Waals surface area contributed by atoms with E-state index in [-0.39, 0.29) is 0 Å². The van der Waals surface area contributed by atoms with Gasteiger partial charge in [-0.3, -0.25) is 4.98 Å². The summed E-state index contributed by atoms with van der Waals surface area (Å²) in [5.74, 6) is 0.733. The summed E-state index contributed by atoms with van der Waals surface area (Å²) < 4.78 is 5.38. The van der Waals surface area contributed by atoms with Crippen LogP contribution in [0, 0.1) is 11.3 Å². The molecule has 2 aromatic heterocycles. The summed E-state index contributed by atoms with van der Waals surface area (Å²) in [5.41, 5.74) is 3.15. The van der Waals surface area contributed by atoms with E-state index in [1.165, 1.54) is 6.21 Å². The maximum atomic E-state index is 7.65. The first-order chi connectivity index (χ1) is 11.8. The highest BCUT2D eigenvalue weighted by molar-refractivity contribution is 6.29. The molecule has 1 aliphatic heterocycles. The number of nitrogens with one attached hydrogen (secondary N) is 2. The number of fused-ring (bicyclic) bond motifs is 1. The molecule has 0 unspecified atom stereocenters. The van der Waals surface area contributed by atoms with Crippen molar-refractivity contribution in [2.45, 2.75) is 19.3 Å². The summed E-state index contributed by atoms with van der Waals surface area (Å²) in [5, 5.41) is 11.4. The summed E-state index contributed by atoms with van der Waals surface area (Å²) in [6.45, 7) is 2.65. The Kier molecular flexibility index (Phi) is 5.77. The van der Waals surface area contributed by atoms with Crippen molar-refractivity contribution in [2.24, 2.45) is 5.92 Å². The lowest BCUT2D eigenvalue weighted by Crippen LogP contribution is -2.20. The first kappa shape index (κ1) is 16.9. The molecule has 0 aliphatic carbocycles. The SMILES string of the molecule is N=C/C(=C\NCCC1CCOCC1)c1cnc2ccc(Cl)nc2c1. The molecule has 0 bridgehead atoms. The Morgan fingerprint density at radius 3 is 2.96 bits per heavy atom. The smallest absolute Gasteiger partial charge is 0.129 e. The van der Waals surface area contributed by atoms with E-state index in [9.17, 15) is 0 Å². The molecular formula is C18H21ClN4O. The lowest BCUT2D eigenvalue weighted by atomic mass is 9.97. The molecule has 3 heterocycles. The van der Waals surface area contributed by atoms with Crippen molar-refractivity contribution in [3.05, 3.63) is 41.3 Å². The molecule has 0 aromatic carbocycles. The fraction of sp³-hybridized carbons (Fsp3) is 0.389. The molecule has 0 spiro atoms. The van der Waals surface area contributed by atoms with Gasteiger partial charge in [0.1, 0.15) is 5.15 Å². The van der Waals surface area contributed by atoms with Crippen LogP contribution in [0.15, 0.2) is 30.6 Å². The van der Waals surface area contributed by atoms with E-state index < -0.39 is 0 Å². The lowest BCUT2D eigenvalue weighted by Gasteiger charge is -2.21. The molecule has 24 heavy (non-hydrogen) atoms. The van der Waals surface area contributed by atoms with Gasteiger partial charge >= 0.3 is 0 Å². The molecule has 0 amide bonds. The standard InChI is InChI=1S/C18H21ClN4O/c19-18-2-1-16-17(23-18)9-14(12-22-16)15(10-20)11-21-6-3-13-4-7-24-8-5-13/h1-2,9-13,20-21H,3-8H2/b15-11+,20-10?. The van der Waals surface area contributed by atoms with Gasteiger partial charge in [-0.05, 0) is 43.4 Å². The molecule has 3 rings (SSSR count). The zero-order chi connectivity index (χ0) is 16.8. The van der Waals surface area contributed by atoms with Crippen LogP contribution < -0.4 is 5.32 Å². The van der Waals surface area contributed by atoms with Crippen LogP contribution in [0.1, 0.15) is 24.8 Å². The normalized spacial score (nSPS) is 16.3. The Morgan fingerprint density at radius 2 is 2.17 bits per heavy atom. The van der Waals surface area contributed by atoms with Gasteiger partial charge in [0.05, 0.1) is 11.0 Å². The highest BCUT2D eigenvalue weighted by Gasteiger charge is 2.12. The van der Waals surface area contributed by atoms with Gasteiger partial charge in [-0.1, -0.05) is 11.6 Å². The fourth-order valence-electron chi connectivity index (χ4n) is 2.85. The minimum Gasteiger partial charge on any atom is -0.390 e. The molecule has 1 aliphatic rings. The molecule has 5 nitrogen and oxygen atoms in total. The maximum Gasteiger partial charge on any atom is 0.129 e. The Balaban J connectivity index is 1.65. The molecule has 0 radical (unpaired) electrons. The number of nitrogens with zero attached hydrogens (tertiary/aromatic N) is 2. The summed E-state index contributed by atoms with van der Waals surface area (Å²) in [7, 11) is 0. The Hall–Kier alpha value is -1.98. The first-order valence-electron chi connectivity index (χ1n) is 8.21. The number of aromatic nitrogens is 2. The molecule has 0 atom stereocenters. The van der Waals surface area contributed by atoms with Crippen molar-refractivity contribution in [1.29, 1.82) is 5.41 Å². The highest BCUT2D eigenvalue weighted by Crippen LogP contribution is 2.19. The number of rotatable bonds is 6. The van der Waals surface area contributed by atoms with Crippen molar-refractivity contribution in [3.63, 3.8) is 0 Å². The quantitative estimate of drug-likeness (QED) is 0.476. The second-order valence-corrected chi connectivity index (χ2v) is 6.33. The van der Waals surface area contributed by atoms with E-state index in [2.05, 4.69) is 15.3 Å². The fourth-order valence-corrected chi connectivity index (χ4v) is 3.01. The minimum absolute atomic E-state index is 0.441. The summed E-state index contributed by atoms with van der Waals surface area (Å²) in [4.78, 5) is 8.66. The van der Waals surface area contributed by atoms with Crippen LogP contribution in [0.25, 0.3) is 16.6 Å².